The number of aryl methyl sites for hydroxylation is 1. The van der Waals surface area contributed by atoms with Gasteiger partial charge in [0.15, 0.2) is 5.11 Å². The van der Waals surface area contributed by atoms with Crippen molar-refractivity contribution in [2.45, 2.75) is 13.5 Å². The summed E-state index contributed by atoms with van der Waals surface area (Å²) in [5.74, 6) is 1.76. The summed E-state index contributed by atoms with van der Waals surface area (Å²) in [6.07, 6.45) is 3.42. The molecule has 0 saturated heterocycles. The Bertz CT molecular complexity index is 495. The molecule has 0 radical (unpaired) electrons. The van der Waals surface area contributed by atoms with Crippen LogP contribution < -0.4 is 10.6 Å². The number of furan rings is 1. The molecule has 0 aliphatic carbocycles. The van der Waals surface area contributed by atoms with Crippen LogP contribution in [-0.4, -0.2) is 10.1 Å². The SMILES string of the molecule is Cc1ccc(CNC(=S)Nc2ccncc2)o1. The second-order valence-electron chi connectivity index (χ2n) is 3.56. The van der Waals surface area contributed by atoms with Gasteiger partial charge in [0, 0.05) is 18.1 Å². The monoisotopic (exact) mass is 247 g/mol. The van der Waals surface area contributed by atoms with E-state index in [0.717, 1.165) is 17.2 Å². The molecule has 2 aromatic heterocycles. The second-order valence-corrected chi connectivity index (χ2v) is 3.96. The number of hydrogen-bond donors (Lipinski definition) is 2. The van der Waals surface area contributed by atoms with Crippen LogP contribution in [0.15, 0.2) is 41.1 Å². The Morgan fingerprint density at radius 3 is 2.71 bits per heavy atom. The minimum absolute atomic E-state index is 0.560. The zero-order valence-electron chi connectivity index (χ0n) is 9.43. The van der Waals surface area contributed by atoms with Crippen molar-refractivity contribution in [3.63, 3.8) is 0 Å². The van der Waals surface area contributed by atoms with Gasteiger partial charge in [-0.25, -0.2) is 0 Å². The van der Waals surface area contributed by atoms with Crippen LogP contribution in [0.4, 0.5) is 5.69 Å². The predicted molar refractivity (Wildman–Crippen MR) is 70.7 cm³/mol. The largest absolute Gasteiger partial charge is 0.465 e. The first-order valence-electron chi connectivity index (χ1n) is 5.24. The first-order valence-corrected chi connectivity index (χ1v) is 5.65. The molecule has 0 saturated carbocycles. The fourth-order valence-electron chi connectivity index (χ4n) is 1.36. The first kappa shape index (κ1) is 11.6. The summed E-state index contributed by atoms with van der Waals surface area (Å²) in [4.78, 5) is 3.93. The normalized spacial score (nSPS) is 9.94. The zero-order valence-corrected chi connectivity index (χ0v) is 10.3. The topological polar surface area (TPSA) is 50.1 Å². The van der Waals surface area contributed by atoms with Gasteiger partial charge in [-0.2, -0.15) is 0 Å². The van der Waals surface area contributed by atoms with Gasteiger partial charge in [-0.1, -0.05) is 0 Å². The van der Waals surface area contributed by atoms with Crippen molar-refractivity contribution in [2.24, 2.45) is 0 Å². The van der Waals surface area contributed by atoms with E-state index in [1.807, 2.05) is 31.2 Å². The Labute approximate surface area is 105 Å². The number of nitrogens with one attached hydrogen (secondary N) is 2. The van der Waals surface area contributed by atoms with Crippen molar-refractivity contribution in [2.75, 3.05) is 5.32 Å². The summed E-state index contributed by atoms with van der Waals surface area (Å²) in [7, 11) is 0. The maximum Gasteiger partial charge on any atom is 0.171 e. The molecular formula is C12H13N3OS. The molecular weight excluding hydrogens is 234 g/mol. The average Bonchev–Trinajstić information content (AvgIpc) is 2.74. The lowest BCUT2D eigenvalue weighted by molar-refractivity contribution is 0.478. The predicted octanol–water partition coefficient (Wildman–Crippen LogP) is 2.47. The first-order chi connectivity index (χ1) is 8.24. The third kappa shape index (κ3) is 3.57. The Balaban J connectivity index is 1.82. The molecule has 0 atom stereocenters. The van der Waals surface area contributed by atoms with Crippen molar-refractivity contribution < 1.29 is 4.42 Å². The highest BCUT2D eigenvalue weighted by Crippen LogP contribution is 2.06. The smallest absolute Gasteiger partial charge is 0.171 e. The van der Waals surface area contributed by atoms with Gasteiger partial charge in [0.2, 0.25) is 0 Å². The maximum absolute atomic E-state index is 5.42. The zero-order chi connectivity index (χ0) is 12.1. The van der Waals surface area contributed by atoms with E-state index in [1.165, 1.54) is 0 Å². The summed E-state index contributed by atoms with van der Waals surface area (Å²) in [5.41, 5.74) is 0.910. The fourth-order valence-corrected chi connectivity index (χ4v) is 1.55. The molecule has 0 fully saturated rings. The van der Waals surface area contributed by atoms with E-state index in [-0.39, 0.29) is 0 Å². The van der Waals surface area contributed by atoms with E-state index >= 15 is 0 Å². The van der Waals surface area contributed by atoms with Crippen LogP contribution >= 0.6 is 12.2 Å². The summed E-state index contributed by atoms with van der Waals surface area (Å²) < 4.78 is 5.42. The molecule has 5 heteroatoms. The number of thiocarbonyl (C=S) groups is 1. The van der Waals surface area contributed by atoms with Gasteiger partial charge in [-0.05, 0) is 43.4 Å². The van der Waals surface area contributed by atoms with Crippen LogP contribution in [0.3, 0.4) is 0 Å². The Morgan fingerprint density at radius 2 is 2.06 bits per heavy atom. The van der Waals surface area contributed by atoms with Gasteiger partial charge < -0.3 is 15.1 Å². The molecule has 2 rings (SSSR count). The molecule has 2 N–H and O–H groups in total. The molecule has 88 valence electrons. The summed E-state index contributed by atoms with van der Waals surface area (Å²) in [5, 5.41) is 6.68. The van der Waals surface area contributed by atoms with Crippen molar-refractivity contribution in [1.82, 2.24) is 10.3 Å². The highest BCUT2D eigenvalue weighted by molar-refractivity contribution is 7.80. The van der Waals surface area contributed by atoms with E-state index in [0.29, 0.717) is 11.7 Å². The third-order valence-electron chi connectivity index (χ3n) is 2.16. The molecule has 0 aliphatic rings. The van der Waals surface area contributed by atoms with Crippen LogP contribution in [0.25, 0.3) is 0 Å². The van der Waals surface area contributed by atoms with Gasteiger partial charge in [0.25, 0.3) is 0 Å². The molecule has 0 unspecified atom stereocenters. The van der Waals surface area contributed by atoms with Gasteiger partial charge in [0.05, 0.1) is 6.54 Å². The maximum atomic E-state index is 5.42. The van der Waals surface area contributed by atoms with Crippen molar-refractivity contribution in [3.05, 3.63) is 48.2 Å². The highest BCUT2D eigenvalue weighted by Gasteiger charge is 2.00. The van der Waals surface area contributed by atoms with Crippen LogP contribution in [-0.2, 0) is 6.54 Å². The molecule has 2 heterocycles. The Kier molecular flexibility index (Phi) is 3.72. The number of aromatic nitrogens is 1. The van der Waals surface area contributed by atoms with Crippen molar-refractivity contribution in [3.8, 4) is 0 Å². The highest BCUT2D eigenvalue weighted by atomic mass is 32.1. The Morgan fingerprint density at radius 1 is 1.29 bits per heavy atom. The fraction of sp³-hybridized carbons (Fsp3) is 0.167. The molecule has 2 aromatic rings. The van der Waals surface area contributed by atoms with Crippen molar-refractivity contribution in [1.29, 1.82) is 0 Å². The quantitative estimate of drug-likeness (QED) is 0.816. The number of hydrogen-bond acceptors (Lipinski definition) is 3. The van der Waals surface area contributed by atoms with E-state index in [9.17, 15) is 0 Å². The number of pyridine rings is 1. The van der Waals surface area contributed by atoms with Gasteiger partial charge in [0.1, 0.15) is 11.5 Å². The van der Waals surface area contributed by atoms with Gasteiger partial charge >= 0.3 is 0 Å². The number of nitrogens with zero attached hydrogens (tertiary/aromatic N) is 1. The molecule has 0 amide bonds. The summed E-state index contributed by atoms with van der Waals surface area (Å²) in [6.45, 7) is 2.49. The van der Waals surface area contributed by atoms with Crippen molar-refractivity contribution >= 4 is 23.0 Å². The third-order valence-corrected chi connectivity index (χ3v) is 2.40. The molecule has 17 heavy (non-hydrogen) atoms. The number of anilines is 1. The summed E-state index contributed by atoms with van der Waals surface area (Å²) in [6, 6.07) is 7.56. The lowest BCUT2D eigenvalue weighted by Crippen LogP contribution is -2.27. The van der Waals surface area contributed by atoms with E-state index in [2.05, 4.69) is 15.6 Å². The molecule has 4 nitrogen and oxygen atoms in total. The van der Waals surface area contributed by atoms with Crippen LogP contribution in [0.1, 0.15) is 11.5 Å². The van der Waals surface area contributed by atoms with Gasteiger partial charge in [-0.15, -0.1) is 0 Å². The molecule has 0 bridgehead atoms. The Hall–Kier alpha value is -1.88. The van der Waals surface area contributed by atoms with Crippen LogP contribution in [0.2, 0.25) is 0 Å². The molecule has 0 aliphatic heterocycles. The van der Waals surface area contributed by atoms with E-state index < -0.39 is 0 Å². The van der Waals surface area contributed by atoms with Crippen LogP contribution in [0.5, 0.6) is 0 Å². The van der Waals surface area contributed by atoms with E-state index in [4.69, 9.17) is 16.6 Å². The van der Waals surface area contributed by atoms with Crippen LogP contribution in [0, 0.1) is 6.92 Å². The lowest BCUT2D eigenvalue weighted by Gasteiger charge is -2.08. The lowest BCUT2D eigenvalue weighted by atomic mass is 10.4. The molecule has 0 spiro atoms. The summed E-state index contributed by atoms with van der Waals surface area (Å²) >= 11 is 5.16. The minimum atomic E-state index is 0.560. The van der Waals surface area contributed by atoms with E-state index in [1.54, 1.807) is 12.4 Å². The standard InChI is InChI=1S/C12H13N3OS/c1-9-2-3-11(16-9)8-14-12(17)15-10-4-6-13-7-5-10/h2-7H,8H2,1H3,(H2,13,14,15,17). The average molecular weight is 247 g/mol. The second kappa shape index (κ2) is 5.45. The molecule has 0 aromatic carbocycles. The number of rotatable bonds is 3. The van der Waals surface area contributed by atoms with Gasteiger partial charge in [-0.3, -0.25) is 4.98 Å². The minimum Gasteiger partial charge on any atom is -0.465 e.